The van der Waals surface area contributed by atoms with Gasteiger partial charge in [0.2, 0.25) is 0 Å². The Morgan fingerprint density at radius 3 is 2.42 bits per heavy atom. The van der Waals surface area contributed by atoms with Crippen molar-refractivity contribution in [3.63, 3.8) is 0 Å². The van der Waals surface area contributed by atoms with Crippen LogP contribution >= 0.6 is 0 Å². The van der Waals surface area contributed by atoms with E-state index >= 15 is 0 Å². The third kappa shape index (κ3) is 5.06. The number of ether oxygens (including phenoxy) is 1. The number of urea groups is 1. The minimum atomic E-state index is -1.18. The molecule has 1 saturated carbocycles. The number of aliphatic carboxylic acids is 1. The molecule has 6 heteroatoms. The minimum absolute atomic E-state index is 0.352. The molecule has 1 rings (SSSR count). The van der Waals surface area contributed by atoms with Gasteiger partial charge in [-0.15, -0.1) is 0 Å². The first-order valence-electron chi connectivity index (χ1n) is 6.91. The highest BCUT2D eigenvalue weighted by Gasteiger charge is 2.36. The van der Waals surface area contributed by atoms with Crippen molar-refractivity contribution in [1.82, 2.24) is 10.6 Å². The maximum absolute atomic E-state index is 11.6. The predicted molar refractivity (Wildman–Crippen MR) is 71.0 cm³/mol. The molecule has 1 aliphatic carbocycles. The average molecular weight is 272 g/mol. The van der Waals surface area contributed by atoms with E-state index in [-0.39, 0.29) is 0 Å². The molecule has 0 heterocycles. The highest BCUT2D eigenvalue weighted by Crippen LogP contribution is 2.28. The van der Waals surface area contributed by atoms with Gasteiger partial charge in [0.05, 0.1) is 6.61 Å². The first-order valence-corrected chi connectivity index (χ1v) is 6.91. The standard InChI is InChI=1S/C13H24N2O4/c1-3-13(4-2,11(16)17)15-12(18)14-7-8-19-9-10-5-6-10/h10H,3-9H2,1-2H3,(H,16,17)(H2,14,15,18). The number of carbonyl (C=O) groups excluding carboxylic acids is 1. The van der Waals surface area contributed by atoms with Gasteiger partial charge in [0.1, 0.15) is 5.54 Å². The van der Waals surface area contributed by atoms with Crippen molar-refractivity contribution in [3.8, 4) is 0 Å². The van der Waals surface area contributed by atoms with Gasteiger partial charge in [-0.2, -0.15) is 0 Å². The van der Waals surface area contributed by atoms with Crippen LogP contribution in [0.1, 0.15) is 39.5 Å². The maximum atomic E-state index is 11.6. The van der Waals surface area contributed by atoms with E-state index in [0.29, 0.717) is 31.9 Å². The van der Waals surface area contributed by atoms with Crippen molar-refractivity contribution < 1.29 is 19.4 Å². The molecule has 6 nitrogen and oxygen atoms in total. The van der Waals surface area contributed by atoms with Crippen LogP contribution in [0.5, 0.6) is 0 Å². The van der Waals surface area contributed by atoms with E-state index in [9.17, 15) is 14.7 Å². The molecule has 0 radical (unpaired) electrons. The van der Waals surface area contributed by atoms with Crippen LogP contribution in [-0.4, -0.2) is 42.4 Å². The zero-order valence-corrected chi connectivity index (χ0v) is 11.7. The van der Waals surface area contributed by atoms with Crippen molar-refractivity contribution in [2.75, 3.05) is 19.8 Å². The molecule has 0 atom stereocenters. The molecule has 0 aromatic carbocycles. The van der Waals surface area contributed by atoms with E-state index in [0.717, 1.165) is 6.61 Å². The summed E-state index contributed by atoms with van der Waals surface area (Å²) in [6, 6.07) is -0.457. The molecule has 2 amide bonds. The summed E-state index contributed by atoms with van der Waals surface area (Å²) in [5, 5.41) is 14.3. The lowest BCUT2D eigenvalue weighted by atomic mass is 9.93. The summed E-state index contributed by atoms with van der Waals surface area (Å²) in [6.45, 7) is 5.10. The number of hydrogen-bond acceptors (Lipinski definition) is 3. The molecule has 0 aromatic rings. The van der Waals surface area contributed by atoms with Gasteiger partial charge in [-0.3, -0.25) is 0 Å². The van der Waals surface area contributed by atoms with Gasteiger partial charge in [-0.25, -0.2) is 9.59 Å². The van der Waals surface area contributed by atoms with Gasteiger partial charge in [0.25, 0.3) is 0 Å². The Hall–Kier alpha value is -1.30. The van der Waals surface area contributed by atoms with Crippen molar-refractivity contribution in [1.29, 1.82) is 0 Å². The Balaban J connectivity index is 2.21. The zero-order chi connectivity index (χ0) is 14.3. The number of amides is 2. The third-order valence-electron chi connectivity index (χ3n) is 3.55. The van der Waals surface area contributed by atoms with Crippen LogP contribution in [0.15, 0.2) is 0 Å². The fourth-order valence-electron chi connectivity index (χ4n) is 1.82. The zero-order valence-electron chi connectivity index (χ0n) is 11.7. The number of carboxylic acids is 1. The lowest BCUT2D eigenvalue weighted by Gasteiger charge is -2.28. The monoisotopic (exact) mass is 272 g/mol. The van der Waals surface area contributed by atoms with Crippen molar-refractivity contribution in [2.24, 2.45) is 5.92 Å². The topological polar surface area (TPSA) is 87.7 Å². The Morgan fingerprint density at radius 2 is 1.95 bits per heavy atom. The molecule has 19 heavy (non-hydrogen) atoms. The van der Waals surface area contributed by atoms with Gasteiger partial charge < -0.3 is 20.5 Å². The fraction of sp³-hybridized carbons (Fsp3) is 0.846. The first kappa shape index (κ1) is 15.8. The highest BCUT2D eigenvalue weighted by molar-refractivity contribution is 5.86. The maximum Gasteiger partial charge on any atom is 0.329 e. The Morgan fingerprint density at radius 1 is 1.32 bits per heavy atom. The molecular formula is C13H24N2O4. The van der Waals surface area contributed by atoms with E-state index in [2.05, 4.69) is 10.6 Å². The molecule has 1 aliphatic rings. The number of hydrogen-bond donors (Lipinski definition) is 3. The van der Waals surface area contributed by atoms with Crippen LogP contribution in [-0.2, 0) is 9.53 Å². The lowest BCUT2D eigenvalue weighted by molar-refractivity contribution is -0.144. The van der Waals surface area contributed by atoms with Gasteiger partial charge in [-0.05, 0) is 31.6 Å². The van der Waals surface area contributed by atoms with Gasteiger partial charge in [0, 0.05) is 13.2 Å². The number of carboxylic acid groups (broad SMARTS) is 1. The van der Waals surface area contributed by atoms with Crippen LogP contribution in [0.25, 0.3) is 0 Å². The van der Waals surface area contributed by atoms with E-state index in [4.69, 9.17) is 4.74 Å². The summed E-state index contributed by atoms with van der Waals surface area (Å²) in [5.41, 5.74) is -1.18. The normalized spacial score (nSPS) is 15.1. The molecule has 0 unspecified atom stereocenters. The number of rotatable bonds is 9. The van der Waals surface area contributed by atoms with Crippen LogP contribution in [0.2, 0.25) is 0 Å². The Kier molecular flexibility index (Phi) is 6.08. The van der Waals surface area contributed by atoms with E-state index in [1.807, 2.05) is 0 Å². The van der Waals surface area contributed by atoms with Crippen molar-refractivity contribution >= 4 is 12.0 Å². The smallest absolute Gasteiger partial charge is 0.329 e. The van der Waals surface area contributed by atoms with Crippen molar-refractivity contribution in [2.45, 2.75) is 45.1 Å². The summed E-state index contributed by atoms with van der Waals surface area (Å²) < 4.78 is 5.38. The second-order valence-electron chi connectivity index (χ2n) is 4.99. The van der Waals surface area contributed by atoms with Crippen LogP contribution in [0, 0.1) is 5.92 Å². The summed E-state index contributed by atoms with van der Waals surface area (Å²) in [5.74, 6) is -0.300. The molecule has 0 bridgehead atoms. The quantitative estimate of drug-likeness (QED) is 0.553. The second kappa shape index (κ2) is 7.33. The minimum Gasteiger partial charge on any atom is -0.480 e. The molecule has 110 valence electrons. The van der Waals surface area contributed by atoms with Gasteiger partial charge in [0.15, 0.2) is 0 Å². The molecule has 1 fully saturated rings. The second-order valence-corrected chi connectivity index (χ2v) is 4.99. The third-order valence-corrected chi connectivity index (χ3v) is 3.55. The largest absolute Gasteiger partial charge is 0.480 e. The molecule has 0 spiro atoms. The number of carbonyl (C=O) groups is 2. The summed E-state index contributed by atoms with van der Waals surface area (Å²) in [6.07, 6.45) is 3.18. The van der Waals surface area contributed by atoms with Gasteiger partial charge in [-0.1, -0.05) is 13.8 Å². The first-order chi connectivity index (χ1) is 9.04. The lowest BCUT2D eigenvalue weighted by Crippen LogP contribution is -2.56. The predicted octanol–water partition coefficient (Wildman–Crippen LogP) is 1.36. The molecule has 0 aliphatic heterocycles. The molecular weight excluding hydrogens is 248 g/mol. The SMILES string of the molecule is CCC(CC)(NC(=O)NCCOCC1CC1)C(=O)O. The van der Waals surface area contributed by atoms with Crippen LogP contribution < -0.4 is 10.6 Å². The highest BCUT2D eigenvalue weighted by atomic mass is 16.5. The molecule has 0 saturated heterocycles. The summed E-state index contributed by atoms with van der Waals surface area (Å²) in [4.78, 5) is 22.9. The van der Waals surface area contributed by atoms with Crippen LogP contribution in [0.4, 0.5) is 4.79 Å². The van der Waals surface area contributed by atoms with Gasteiger partial charge >= 0.3 is 12.0 Å². The fourth-order valence-corrected chi connectivity index (χ4v) is 1.82. The number of nitrogens with one attached hydrogen (secondary N) is 2. The molecule has 0 aromatic heterocycles. The van der Waals surface area contributed by atoms with E-state index < -0.39 is 17.5 Å². The van der Waals surface area contributed by atoms with E-state index in [1.165, 1.54) is 12.8 Å². The van der Waals surface area contributed by atoms with Crippen molar-refractivity contribution in [3.05, 3.63) is 0 Å². The van der Waals surface area contributed by atoms with Crippen LogP contribution in [0.3, 0.4) is 0 Å². The molecule has 3 N–H and O–H groups in total. The van der Waals surface area contributed by atoms with E-state index in [1.54, 1.807) is 13.8 Å². The Labute approximate surface area is 113 Å². The summed E-state index contributed by atoms with van der Waals surface area (Å²) >= 11 is 0. The summed E-state index contributed by atoms with van der Waals surface area (Å²) in [7, 11) is 0. The average Bonchev–Trinajstić information content (AvgIpc) is 3.19. The Bertz CT molecular complexity index is 312.